The molecule has 1 unspecified atom stereocenters. The highest BCUT2D eigenvalue weighted by Crippen LogP contribution is 2.18. The third-order valence-electron chi connectivity index (χ3n) is 3.28. The molecule has 1 aromatic rings. The Morgan fingerprint density at radius 2 is 2.06 bits per heavy atom. The number of hydrogen-bond acceptors (Lipinski definition) is 4. The van der Waals surface area contributed by atoms with Crippen molar-refractivity contribution in [1.29, 1.82) is 0 Å². The lowest BCUT2D eigenvalue weighted by atomic mass is 10.1. The van der Waals surface area contributed by atoms with E-state index in [4.69, 9.17) is 0 Å². The molecule has 2 atom stereocenters. The summed E-state index contributed by atoms with van der Waals surface area (Å²) >= 11 is 0. The van der Waals surface area contributed by atoms with E-state index in [-0.39, 0.29) is 24.4 Å². The second-order valence-corrected chi connectivity index (χ2v) is 6.99. The van der Waals surface area contributed by atoms with Crippen LogP contribution in [0.3, 0.4) is 0 Å². The van der Waals surface area contributed by atoms with Crippen molar-refractivity contribution in [3.8, 4) is 0 Å². The first-order chi connectivity index (χ1) is 8.61. The third kappa shape index (κ3) is 3.54. The Morgan fingerprint density at radius 1 is 1.33 bits per heavy atom. The van der Waals surface area contributed by atoms with E-state index >= 15 is 0 Å². The zero-order valence-electron chi connectivity index (χ0n) is 10.2. The molecule has 1 aliphatic heterocycles. The quantitative estimate of drug-likeness (QED) is 0.852. The van der Waals surface area contributed by atoms with Gasteiger partial charge in [0.15, 0.2) is 9.84 Å². The molecular weight excluding hydrogens is 250 g/mol. The molecule has 1 fully saturated rings. The van der Waals surface area contributed by atoms with Crippen molar-refractivity contribution in [2.75, 3.05) is 18.1 Å². The number of hydrogen-bond donors (Lipinski definition) is 2. The molecule has 0 aromatic heterocycles. The number of rotatable bonds is 4. The van der Waals surface area contributed by atoms with E-state index in [2.05, 4.69) is 5.32 Å². The molecule has 0 bridgehead atoms. The smallest absolute Gasteiger partial charge is 0.151 e. The fourth-order valence-electron chi connectivity index (χ4n) is 2.38. The molecule has 1 aliphatic rings. The van der Waals surface area contributed by atoms with Gasteiger partial charge in [0, 0.05) is 6.04 Å². The molecule has 1 saturated heterocycles. The summed E-state index contributed by atoms with van der Waals surface area (Å²) in [5.74, 6) is 0.469. The van der Waals surface area contributed by atoms with E-state index in [0.29, 0.717) is 12.2 Å². The van der Waals surface area contributed by atoms with Gasteiger partial charge in [0.25, 0.3) is 0 Å². The molecule has 2 N–H and O–H groups in total. The maximum absolute atomic E-state index is 11.6. The molecule has 100 valence electrons. The normalized spacial score (nSPS) is 24.6. The second-order valence-electron chi connectivity index (χ2n) is 4.77. The Hall–Kier alpha value is -0.910. The van der Waals surface area contributed by atoms with Crippen LogP contribution in [0.1, 0.15) is 24.4 Å². The van der Waals surface area contributed by atoms with E-state index < -0.39 is 9.84 Å². The van der Waals surface area contributed by atoms with Crippen molar-refractivity contribution < 1.29 is 13.5 Å². The van der Waals surface area contributed by atoms with Crippen LogP contribution < -0.4 is 5.32 Å². The first-order valence-electron chi connectivity index (χ1n) is 6.23. The molecule has 0 radical (unpaired) electrons. The molecule has 1 aromatic carbocycles. The average molecular weight is 269 g/mol. The van der Waals surface area contributed by atoms with Crippen molar-refractivity contribution >= 4 is 9.84 Å². The molecule has 2 rings (SSSR count). The van der Waals surface area contributed by atoms with Crippen LogP contribution in [0.15, 0.2) is 30.3 Å². The Morgan fingerprint density at radius 3 is 2.67 bits per heavy atom. The monoisotopic (exact) mass is 269 g/mol. The summed E-state index contributed by atoms with van der Waals surface area (Å²) in [6, 6.07) is 9.37. The Kier molecular flexibility index (Phi) is 4.37. The second kappa shape index (κ2) is 5.82. The Balaban J connectivity index is 2.03. The van der Waals surface area contributed by atoms with E-state index in [1.165, 1.54) is 0 Å². The summed E-state index contributed by atoms with van der Waals surface area (Å²) in [5, 5.41) is 12.7. The molecule has 0 amide bonds. The number of aliphatic hydroxyl groups excluding tert-OH is 1. The average Bonchev–Trinajstić information content (AvgIpc) is 2.36. The Labute approximate surface area is 108 Å². The molecular formula is C13H19NO3S. The van der Waals surface area contributed by atoms with Gasteiger partial charge in [-0.05, 0) is 18.4 Å². The summed E-state index contributed by atoms with van der Waals surface area (Å²) < 4.78 is 23.1. The maximum atomic E-state index is 11.6. The molecule has 18 heavy (non-hydrogen) atoms. The minimum Gasteiger partial charge on any atom is -0.394 e. The van der Waals surface area contributed by atoms with Gasteiger partial charge in [-0.3, -0.25) is 0 Å². The summed E-state index contributed by atoms with van der Waals surface area (Å²) in [6.07, 6.45) is 1.55. The van der Waals surface area contributed by atoms with Gasteiger partial charge in [0.2, 0.25) is 0 Å². The largest absolute Gasteiger partial charge is 0.394 e. The predicted octanol–water partition coefficient (Wildman–Crippen LogP) is 0.887. The number of sulfone groups is 1. The number of nitrogens with one attached hydrogen (secondary N) is 1. The highest BCUT2D eigenvalue weighted by molar-refractivity contribution is 7.91. The number of benzene rings is 1. The van der Waals surface area contributed by atoms with Crippen LogP contribution in [0.25, 0.3) is 0 Å². The van der Waals surface area contributed by atoms with E-state index in [9.17, 15) is 13.5 Å². The van der Waals surface area contributed by atoms with Crippen molar-refractivity contribution in [1.82, 2.24) is 5.32 Å². The predicted molar refractivity (Wildman–Crippen MR) is 71.1 cm³/mol. The van der Waals surface area contributed by atoms with Gasteiger partial charge in [-0.15, -0.1) is 0 Å². The van der Waals surface area contributed by atoms with Gasteiger partial charge in [0.1, 0.15) is 0 Å². The topological polar surface area (TPSA) is 66.4 Å². The van der Waals surface area contributed by atoms with Crippen molar-refractivity contribution in [3.05, 3.63) is 35.9 Å². The maximum Gasteiger partial charge on any atom is 0.151 e. The highest BCUT2D eigenvalue weighted by atomic mass is 32.2. The highest BCUT2D eigenvalue weighted by Gasteiger charge is 2.26. The Bertz CT molecular complexity index is 472. The first kappa shape index (κ1) is 13.5. The lowest BCUT2D eigenvalue weighted by Gasteiger charge is -2.27. The SMILES string of the molecule is O=S1(=O)CCCC(N[C@@H](CO)c2ccccc2)C1. The lowest BCUT2D eigenvalue weighted by Crippen LogP contribution is -2.42. The summed E-state index contributed by atoms with van der Waals surface area (Å²) in [6.45, 7) is -0.0272. The van der Waals surface area contributed by atoms with Crippen LogP contribution in [-0.2, 0) is 9.84 Å². The fraction of sp³-hybridized carbons (Fsp3) is 0.538. The van der Waals surface area contributed by atoms with Crippen LogP contribution in [0.5, 0.6) is 0 Å². The van der Waals surface area contributed by atoms with E-state index in [1.54, 1.807) is 0 Å². The van der Waals surface area contributed by atoms with Gasteiger partial charge in [-0.2, -0.15) is 0 Å². The molecule has 0 spiro atoms. The summed E-state index contributed by atoms with van der Waals surface area (Å²) in [5.41, 5.74) is 0.989. The summed E-state index contributed by atoms with van der Waals surface area (Å²) in [7, 11) is -2.91. The van der Waals surface area contributed by atoms with Crippen LogP contribution >= 0.6 is 0 Å². The molecule has 0 saturated carbocycles. The minimum atomic E-state index is -2.91. The van der Waals surface area contributed by atoms with E-state index in [1.807, 2.05) is 30.3 Å². The molecule has 0 aliphatic carbocycles. The van der Waals surface area contributed by atoms with Crippen molar-refractivity contribution in [3.63, 3.8) is 0 Å². The number of aliphatic hydroxyl groups is 1. The fourth-order valence-corrected chi connectivity index (χ4v) is 4.03. The van der Waals surface area contributed by atoms with Crippen LogP contribution in [0, 0.1) is 0 Å². The van der Waals surface area contributed by atoms with Gasteiger partial charge in [0.05, 0.1) is 24.2 Å². The standard InChI is InChI=1S/C13H19NO3S/c15-9-13(11-5-2-1-3-6-11)14-12-7-4-8-18(16,17)10-12/h1-3,5-6,12-15H,4,7-10H2/t12?,13-/m0/s1. The first-order valence-corrected chi connectivity index (χ1v) is 8.05. The minimum absolute atomic E-state index is 0.0272. The molecule has 5 heteroatoms. The molecule has 1 heterocycles. The van der Waals surface area contributed by atoms with Gasteiger partial charge in [-0.25, -0.2) is 8.42 Å². The van der Waals surface area contributed by atoms with Crippen LogP contribution in [0.4, 0.5) is 0 Å². The van der Waals surface area contributed by atoms with Crippen LogP contribution in [0.2, 0.25) is 0 Å². The van der Waals surface area contributed by atoms with Gasteiger partial charge in [-0.1, -0.05) is 30.3 Å². The molecule has 4 nitrogen and oxygen atoms in total. The van der Waals surface area contributed by atoms with Crippen molar-refractivity contribution in [2.24, 2.45) is 0 Å². The van der Waals surface area contributed by atoms with E-state index in [0.717, 1.165) is 12.0 Å². The van der Waals surface area contributed by atoms with Gasteiger partial charge < -0.3 is 10.4 Å². The van der Waals surface area contributed by atoms with Gasteiger partial charge >= 0.3 is 0 Å². The zero-order valence-corrected chi connectivity index (χ0v) is 11.1. The van der Waals surface area contributed by atoms with Crippen LogP contribution in [-0.4, -0.2) is 37.7 Å². The van der Waals surface area contributed by atoms with Crippen molar-refractivity contribution in [2.45, 2.75) is 24.9 Å². The lowest BCUT2D eigenvalue weighted by molar-refractivity contribution is 0.232. The third-order valence-corrected chi connectivity index (χ3v) is 5.11. The zero-order chi connectivity index (χ0) is 13.0. The summed E-state index contributed by atoms with van der Waals surface area (Å²) in [4.78, 5) is 0.